The molecule has 0 aliphatic heterocycles. The fraction of sp³-hybridized carbons (Fsp3) is 0.615. The molecule has 0 unspecified atom stereocenters. The number of nitrogens with one attached hydrogen (secondary N) is 1. The quantitative estimate of drug-likeness (QED) is 0.827. The van der Waals surface area contributed by atoms with Crippen molar-refractivity contribution >= 4 is 0 Å². The van der Waals surface area contributed by atoms with Gasteiger partial charge in [0.15, 0.2) is 0 Å². The molecule has 1 heterocycles. The Labute approximate surface area is 97.2 Å². The van der Waals surface area contributed by atoms with E-state index in [1.54, 1.807) is 7.11 Å². The molecular weight excluding hydrogens is 200 g/mol. The van der Waals surface area contributed by atoms with Crippen LogP contribution in [-0.4, -0.2) is 18.6 Å². The SMILES string of the molecule is COc1ccc(CNCC2CCCC2)cn1. The topological polar surface area (TPSA) is 34.1 Å². The zero-order valence-electron chi connectivity index (χ0n) is 9.91. The number of aromatic nitrogens is 1. The number of nitrogens with zero attached hydrogens (tertiary/aromatic N) is 1. The molecule has 1 N–H and O–H groups in total. The maximum Gasteiger partial charge on any atom is 0.212 e. The third-order valence-electron chi connectivity index (χ3n) is 3.24. The van der Waals surface area contributed by atoms with Gasteiger partial charge in [0.2, 0.25) is 5.88 Å². The van der Waals surface area contributed by atoms with E-state index in [0.717, 1.165) is 19.0 Å². The third-order valence-corrected chi connectivity index (χ3v) is 3.24. The molecule has 2 rings (SSSR count). The first kappa shape index (κ1) is 11.4. The minimum absolute atomic E-state index is 0.680. The third kappa shape index (κ3) is 3.20. The second-order valence-corrected chi connectivity index (χ2v) is 4.49. The van der Waals surface area contributed by atoms with E-state index >= 15 is 0 Å². The van der Waals surface area contributed by atoms with Crippen LogP contribution in [0.15, 0.2) is 18.3 Å². The number of pyridine rings is 1. The molecule has 1 aromatic heterocycles. The van der Waals surface area contributed by atoms with Crippen molar-refractivity contribution in [3.63, 3.8) is 0 Å². The molecule has 0 atom stereocenters. The van der Waals surface area contributed by atoms with Gasteiger partial charge in [0.25, 0.3) is 0 Å². The average molecular weight is 220 g/mol. The zero-order chi connectivity index (χ0) is 11.2. The molecule has 16 heavy (non-hydrogen) atoms. The second-order valence-electron chi connectivity index (χ2n) is 4.49. The van der Waals surface area contributed by atoms with Crippen LogP contribution in [0.5, 0.6) is 5.88 Å². The molecule has 0 saturated heterocycles. The summed E-state index contributed by atoms with van der Waals surface area (Å²) in [6.45, 7) is 2.06. The van der Waals surface area contributed by atoms with Gasteiger partial charge in [-0.3, -0.25) is 0 Å². The van der Waals surface area contributed by atoms with Crippen molar-refractivity contribution in [3.05, 3.63) is 23.9 Å². The smallest absolute Gasteiger partial charge is 0.212 e. The van der Waals surface area contributed by atoms with Crippen molar-refractivity contribution in [1.29, 1.82) is 0 Å². The van der Waals surface area contributed by atoms with Gasteiger partial charge in [-0.25, -0.2) is 4.98 Å². The molecule has 0 aromatic carbocycles. The van der Waals surface area contributed by atoms with E-state index in [1.165, 1.54) is 31.2 Å². The monoisotopic (exact) mass is 220 g/mol. The summed E-state index contributed by atoms with van der Waals surface area (Å²) < 4.78 is 5.02. The Balaban J connectivity index is 1.71. The molecule has 88 valence electrons. The van der Waals surface area contributed by atoms with E-state index in [-0.39, 0.29) is 0 Å². The van der Waals surface area contributed by atoms with E-state index < -0.39 is 0 Å². The maximum atomic E-state index is 5.02. The van der Waals surface area contributed by atoms with Crippen LogP contribution in [-0.2, 0) is 6.54 Å². The van der Waals surface area contributed by atoms with Gasteiger partial charge in [-0.2, -0.15) is 0 Å². The van der Waals surface area contributed by atoms with Crippen LogP contribution in [0, 0.1) is 5.92 Å². The lowest BCUT2D eigenvalue weighted by atomic mass is 10.1. The van der Waals surface area contributed by atoms with E-state index in [2.05, 4.69) is 16.4 Å². The summed E-state index contributed by atoms with van der Waals surface area (Å²) in [7, 11) is 1.64. The summed E-state index contributed by atoms with van der Waals surface area (Å²) in [5.41, 5.74) is 1.22. The first-order chi connectivity index (χ1) is 7.88. The minimum atomic E-state index is 0.680. The van der Waals surface area contributed by atoms with Gasteiger partial charge in [0, 0.05) is 18.8 Å². The summed E-state index contributed by atoms with van der Waals surface area (Å²) in [5.74, 6) is 1.57. The van der Waals surface area contributed by atoms with Gasteiger partial charge in [-0.1, -0.05) is 18.9 Å². The standard InChI is InChI=1S/C13H20N2O/c1-16-13-7-6-12(10-15-13)9-14-8-11-4-2-3-5-11/h6-7,10-11,14H,2-5,8-9H2,1H3. The molecule has 0 radical (unpaired) electrons. The minimum Gasteiger partial charge on any atom is -0.481 e. The van der Waals surface area contributed by atoms with Crippen LogP contribution in [0.1, 0.15) is 31.2 Å². The zero-order valence-corrected chi connectivity index (χ0v) is 9.91. The van der Waals surface area contributed by atoms with Gasteiger partial charge in [-0.15, -0.1) is 0 Å². The molecule has 1 aromatic rings. The summed E-state index contributed by atoms with van der Waals surface area (Å²) in [6, 6.07) is 3.97. The Hall–Kier alpha value is -1.09. The fourth-order valence-electron chi connectivity index (χ4n) is 2.27. The number of hydrogen-bond donors (Lipinski definition) is 1. The molecule has 0 amide bonds. The van der Waals surface area contributed by atoms with Gasteiger partial charge in [0.05, 0.1) is 7.11 Å². The summed E-state index contributed by atoms with van der Waals surface area (Å²) in [5, 5.41) is 3.50. The van der Waals surface area contributed by atoms with Gasteiger partial charge in [-0.05, 0) is 30.9 Å². The van der Waals surface area contributed by atoms with Crippen LogP contribution < -0.4 is 10.1 Å². The molecule has 0 bridgehead atoms. The van der Waals surface area contributed by atoms with Crippen molar-refractivity contribution < 1.29 is 4.74 Å². The van der Waals surface area contributed by atoms with Crippen LogP contribution >= 0.6 is 0 Å². The summed E-state index contributed by atoms with van der Waals surface area (Å²) >= 11 is 0. The molecule has 3 heteroatoms. The average Bonchev–Trinajstić information content (AvgIpc) is 2.83. The van der Waals surface area contributed by atoms with Crippen LogP contribution in [0.4, 0.5) is 0 Å². The van der Waals surface area contributed by atoms with Crippen molar-refractivity contribution in [2.45, 2.75) is 32.2 Å². The van der Waals surface area contributed by atoms with Gasteiger partial charge in [0.1, 0.15) is 0 Å². The van der Waals surface area contributed by atoms with E-state index in [4.69, 9.17) is 4.74 Å². The highest BCUT2D eigenvalue weighted by atomic mass is 16.5. The first-order valence-corrected chi connectivity index (χ1v) is 6.08. The van der Waals surface area contributed by atoms with Crippen molar-refractivity contribution in [3.8, 4) is 5.88 Å². The lowest BCUT2D eigenvalue weighted by Gasteiger charge is -2.10. The number of ether oxygens (including phenoxy) is 1. The highest BCUT2D eigenvalue weighted by Crippen LogP contribution is 2.23. The Bertz CT molecular complexity index is 304. The highest BCUT2D eigenvalue weighted by Gasteiger charge is 2.13. The van der Waals surface area contributed by atoms with E-state index in [1.807, 2.05) is 12.3 Å². The molecule has 1 aliphatic rings. The first-order valence-electron chi connectivity index (χ1n) is 6.08. The molecule has 1 aliphatic carbocycles. The highest BCUT2D eigenvalue weighted by molar-refractivity contribution is 5.17. The van der Waals surface area contributed by atoms with Crippen LogP contribution in [0.25, 0.3) is 0 Å². The lowest BCUT2D eigenvalue weighted by molar-refractivity contribution is 0.397. The molecule has 0 spiro atoms. The van der Waals surface area contributed by atoms with Gasteiger partial charge < -0.3 is 10.1 Å². The number of methoxy groups -OCH3 is 1. The van der Waals surface area contributed by atoms with Crippen LogP contribution in [0.2, 0.25) is 0 Å². The Morgan fingerprint density at radius 1 is 1.38 bits per heavy atom. The predicted molar refractivity (Wildman–Crippen MR) is 64.5 cm³/mol. The van der Waals surface area contributed by atoms with E-state index in [0.29, 0.717) is 5.88 Å². The largest absolute Gasteiger partial charge is 0.481 e. The normalized spacial score (nSPS) is 16.6. The van der Waals surface area contributed by atoms with E-state index in [9.17, 15) is 0 Å². The van der Waals surface area contributed by atoms with Crippen molar-refractivity contribution in [2.24, 2.45) is 5.92 Å². The summed E-state index contributed by atoms with van der Waals surface area (Å²) in [6.07, 6.45) is 7.50. The predicted octanol–water partition coefficient (Wildman–Crippen LogP) is 2.37. The molecule has 3 nitrogen and oxygen atoms in total. The Morgan fingerprint density at radius 2 is 2.19 bits per heavy atom. The maximum absolute atomic E-state index is 5.02. The second kappa shape index (κ2) is 5.85. The molecule has 1 fully saturated rings. The van der Waals surface area contributed by atoms with Gasteiger partial charge >= 0.3 is 0 Å². The summed E-state index contributed by atoms with van der Waals surface area (Å²) in [4.78, 5) is 4.19. The molecule has 1 saturated carbocycles. The Kier molecular flexibility index (Phi) is 4.17. The number of hydrogen-bond acceptors (Lipinski definition) is 3. The lowest BCUT2D eigenvalue weighted by Crippen LogP contribution is -2.20. The molecular formula is C13H20N2O. The van der Waals surface area contributed by atoms with Crippen molar-refractivity contribution in [1.82, 2.24) is 10.3 Å². The fourth-order valence-corrected chi connectivity index (χ4v) is 2.27. The van der Waals surface area contributed by atoms with Crippen LogP contribution in [0.3, 0.4) is 0 Å². The van der Waals surface area contributed by atoms with Crippen molar-refractivity contribution in [2.75, 3.05) is 13.7 Å². The number of rotatable bonds is 5. The Morgan fingerprint density at radius 3 is 2.81 bits per heavy atom.